The van der Waals surface area contributed by atoms with Crippen LogP contribution in [0.2, 0.25) is 0 Å². The number of rotatable bonds is 5. The van der Waals surface area contributed by atoms with Crippen LogP contribution < -0.4 is 27.4 Å². The molecule has 5 rings (SSSR count). The molecule has 4 aliphatic heterocycles. The third kappa shape index (κ3) is 6.30. The lowest BCUT2D eigenvalue weighted by atomic mass is 9.72. The standard InChI is InChI=1S/C29H52FN7O2/c1-20(38)37-14-4-9-29(37)11-15-36(16-12-29)24-6-13-33-19-23(24)35-27(39)25(26(31)32)22-17-28(7-2-3-8-28)10-5-21(30)18-34-22/h21-26,33-34H,2-19,31-32H2,1H3,(H,35,39). The van der Waals surface area contributed by atoms with E-state index in [0.717, 1.165) is 84.0 Å². The smallest absolute Gasteiger partial charge is 0.227 e. The van der Waals surface area contributed by atoms with E-state index in [-0.39, 0.29) is 47.4 Å². The zero-order valence-corrected chi connectivity index (χ0v) is 23.9. The van der Waals surface area contributed by atoms with Crippen LogP contribution in [-0.2, 0) is 9.59 Å². The fraction of sp³-hybridized carbons (Fsp3) is 0.931. The van der Waals surface area contributed by atoms with Crippen LogP contribution in [0, 0.1) is 11.3 Å². The van der Waals surface area contributed by atoms with E-state index in [1.54, 1.807) is 6.92 Å². The Morgan fingerprint density at radius 2 is 1.72 bits per heavy atom. The second-order valence-electron chi connectivity index (χ2n) is 13.4. The Labute approximate surface area is 233 Å². The van der Waals surface area contributed by atoms with Gasteiger partial charge in [0.05, 0.1) is 18.1 Å². The van der Waals surface area contributed by atoms with Gasteiger partial charge in [-0.05, 0) is 76.2 Å². The Balaban J connectivity index is 1.26. The Hall–Kier alpha value is -1.33. The molecule has 7 N–H and O–H groups in total. The first-order valence-electron chi connectivity index (χ1n) is 15.6. The van der Waals surface area contributed by atoms with Gasteiger partial charge in [-0.2, -0.15) is 0 Å². The molecule has 0 aromatic rings. The van der Waals surface area contributed by atoms with E-state index in [0.29, 0.717) is 13.0 Å². The molecule has 4 heterocycles. The fourth-order valence-corrected chi connectivity index (χ4v) is 8.87. The average molecular weight is 550 g/mol. The number of carbonyl (C=O) groups excluding carboxylic acids is 2. The monoisotopic (exact) mass is 549 g/mol. The van der Waals surface area contributed by atoms with Crippen LogP contribution in [0.25, 0.3) is 0 Å². The van der Waals surface area contributed by atoms with Gasteiger partial charge in [0.1, 0.15) is 6.17 Å². The third-order valence-electron chi connectivity index (χ3n) is 11.0. The van der Waals surface area contributed by atoms with E-state index in [1.807, 2.05) is 0 Å². The summed E-state index contributed by atoms with van der Waals surface area (Å²) in [7, 11) is 0. The Kier molecular flexibility index (Phi) is 9.18. The van der Waals surface area contributed by atoms with Crippen molar-refractivity contribution < 1.29 is 14.0 Å². The number of amides is 2. The molecular formula is C29H52FN7O2. The summed E-state index contributed by atoms with van der Waals surface area (Å²) in [5.41, 5.74) is 12.7. The van der Waals surface area contributed by atoms with Gasteiger partial charge in [0.25, 0.3) is 0 Å². The fourth-order valence-electron chi connectivity index (χ4n) is 8.87. The molecule has 5 fully saturated rings. The number of alkyl halides is 1. The van der Waals surface area contributed by atoms with Gasteiger partial charge in [0.15, 0.2) is 0 Å². The van der Waals surface area contributed by atoms with E-state index in [4.69, 9.17) is 11.5 Å². The first-order valence-corrected chi connectivity index (χ1v) is 15.6. The molecule has 0 aromatic carbocycles. The minimum absolute atomic E-state index is 0.0137. The number of likely N-dealkylation sites (tertiary alicyclic amines) is 2. The number of nitrogens with one attached hydrogen (secondary N) is 3. The maximum absolute atomic E-state index is 14.6. The maximum atomic E-state index is 14.6. The lowest BCUT2D eigenvalue weighted by molar-refractivity contribution is -0.135. The number of piperidine rings is 2. The third-order valence-corrected chi connectivity index (χ3v) is 11.0. The molecule has 9 nitrogen and oxygen atoms in total. The van der Waals surface area contributed by atoms with Crippen molar-refractivity contribution in [3.63, 3.8) is 0 Å². The molecule has 1 saturated carbocycles. The number of hydrogen-bond donors (Lipinski definition) is 5. The Morgan fingerprint density at radius 3 is 2.41 bits per heavy atom. The van der Waals surface area contributed by atoms with Crippen molar-refractivity contribution in [2.24, 2.45) is 22.8 Å². The molecule has 4 saturated heterocycles. The van der Waals surface area contributed by atoms with Crippen LogP contribution in [0.1, 0.15) is 84.0 Å². The summed E-state index contributed by atoms with van der Waals surface area (Å²) in [5.74, 6) is -0.529. The molecule has 1 aliphatic carbocycles. The lowest BCUT2D eigenvalue weighted by Gasteiger charge is -2.49. The van der Waals surface area contributed by atoms with Crippen molar-refractivity contribution in [3.8, 4) is 0 Å². The summed E-state index contributed by atoms with van der Waals surface area (Å²) in [4.78, 5) is 30.8. The van der Waals surface area contributed by atoms with Gasteiger partial charge in [-0.3, -0.25) is 14.5 Å². The Bertz CT molecular complexity index is 859. The molecule has 0 radical (unpaired) electrons. The molecule has 5 unspecified atom stereocenters. The molecular weight excluding hydrogens is 497 g/mol. The largest absolute Gasteiger partial charge is 0.350 e. The molecule has 5 atom stereocenters. The van der Waals surface area contributed by atoms with Gasteiger partial charge in [-0.25, -0.2) is 4.39 Å². The van der Waals surface area contributed by atoms with E-state index < -0.39 is 18.3 Å². The van der Waals surface area contributed by atoms with E-state index in [2.05, 4.69) is 25.8 Å². The Morgan fingerprint density at radius 1 is 0.974 bits per heavy atom. The van der Waals surface area contributed by atoms with Crippen molar-refractivity contribution >= 4 is 11.8 Å². The van der Waals surface area contributed by atoms with Gasteiger partial charge in [-0.1, -0.05) is 12.8 Å². The normalized spacial score (nSPS) is 34.2. The summed E-state index contributed by atoms with van der Waals surface area (Å²) in [6.07, 6.45) is 10.2. The summed E-state index contributed by atoms with van der Waals surface area (Å²) in [6, 6.07) is -0.0422. The quantitative estimate of drug-likeness (QED) is 0.326. The van der Waals surface area contributed by atoms with Gasteiger partial charge in [0.2, 0.25) is 11.8 Å². The number of nitrogens with zero attached hydrogens (tertiary/aromatic N) is 2. The highest BCUT2D eigenvalue weighted by Gasteiger charge is 2.47. The average Bonchev–Trinajstić information content (AvgIpc) is 3.54. The zero-order valence-electron chi connectivity index (χ0n) is 23.9. The second-order valence-corrected chi connectivity index (χ2v) is 13.4. The molecule has 0 bridgehead atoms. The first-order chi connectivity index (χ1) is 18.7. The van der Waals surface area contributed by atoms with Crippen LogP contribution in [0.5, 0.6) is 0 Å². The lowest BCUT2D eigenvalue weighted by Crippen LogP contribution is -2.65. The van der Waals surface area contributed by atoms with Crippen molar-refractivity contribution in [1.29, 1.82) is 0 Å². The van der Waals surface area contributed by atoms with Crippen molar-refractivity contribution in [2.45, 2.75) is 120 Å². The number of halogens is 1. The summed E-state index contributed by atoms with van der Waals surface area (Å²) >= 11 is 0. The van der Waals surface area contributed by atoms with Gasteiger partial charge in [0, 0.05) is 57.3 Å². The van der Waals surface area contributed by atoms with E-state index in [1.165, 1.54) is 12.8 Å². The number of nitrogens with two attached hydrogens (primary N) is 2. The van der Waals surface area contributed by atoms with Crippen molar-refractivity contribution in [1.82, 2.24) is 25.8 Å². The summed E-state index contributed by atoms with van der Waals surface area (Å²) < 4.78 is 14.6. The van der Waals surface area contributed by atoms with E-state index >= 15 is 0 Å². The highest BCUT2D eigenvalue weighted by Crippen LogP contribution is 2.47. The van der Waals surface area contributed by atoms with Crippen molar-refractivity contribution in [3.05, 3.63) is 0 Å². The van der Waals surface area contributed by atoms with Gasteiger partial charge in [-0.15, -0.1) is 0 Å². The van der Waals surface area contributed by atoms with Crippen LogP contribution >= 0.6 is 0 Å². The number of hydrogen-bond acceptors (Lipinski definition) is 7. The first kappa shape index (κ1) is 29.2. The SMILES string of the molecule is CC(=O)N1CCCC12CCN(C1CCNCC1NC(=O)C(C(N)N)C1CC3(CCCC3)CCC(F)CN1)CC2. The summed E-state index contributed by atoms with van der Waals surface area (Å²) in [5, 5.41) is 10.2. The topological polar surface area (TPSA) is 129 Å². The molecule has 2 amide bonds. The summed E-state index contributed by atoms with van der Waals surface area (Å²) in [6.45, 7) is 6.32. The molecule has 39 heavy (non-hydrogen) atoms. The highest BCUT2D eigenvalue weighted by molar-refractivity contribution is 5.80. The minimum atomic E-state index is -0.906. The predicted octanol–water partition coefficient (Wildman–Crippen LogP) is 1.21. The predicted molar refractivity (Wildman–Crippen MR) is 150 cm³/mol. The van der Waals surface area contributed by atoms with Crippen LogP contribution in [-0.4, -0.2) is 96.9 Å². The number of carbonyl (C=O) groups is 2. The maximum Gasteiger partial charge on any atom is 0.227 e. The van der Waals surface area contributed by atoms with Gasteiger partial charge >= 0.3 is 0 Å². The molecule has 222 valence electrons. The van der Waals surface area contributed by atoms with Crippen molar-refractivity contribution in [2.75, 3.05) is 39.3 Å². The van der Waals surface area contributed by atoms with E-state index in [9.17, 15) is 14.0 Å². The van der Waals surface area contributed by atoms with Crippen LogP contribution in [0.3, 0.4) is 0 Å². The van der Waals surface area contributed by atoms with Gasteiger partial charge < -0.3 is 32.3 Å². The molecule has 2 spiro atoms. The second kappa shape index (κ2) is 12.3. The molecule has 5 aliphatic rings. The molecule has 10 heteroatoms. The minimum Gasteiger partial charge on any atom is -0.350 e. The highest BCUT2D eigenvalue weighted by atomic mass is 19.1. The van der Waals surface area contributed by atoms with Crippen LogP contribution in [0.15, 0.2) is 0 Å². The van der Waals surface area contributed by atoms with Crippen LogP contribution in [0.4, 0.5) is 4.39 Å². The zero-order chi connectivity index (χ0) is 27.6. The molecule has 0 aromatic heterocycles.